The van der Waals surface area contributed by atoms with Gasteiger partial charge in [-0.25, -0.2) is 0 Å². The molecule has 3 rings (SSSR count). The van der Waals surface area contributed by atoms with Crippen molar-refractivity contribution in [2.75, 3.05) is 13.2 Å². The van der Waals surface area contributed by atoms with Crippen molar-refractivity contribution in [2.24, 2.45) is 0 Å². The molecule has 0 aromatic carbocycles. The summed E-state index contributed by atoms with van der Waals surface area (Å²) >= 11 is 0. The van der Waals surface area contributed by atoms with E-state index in [4.69, 9.17) is 18.9 Å². The molecular weight excluding hydrogens is 260 g/mol. The van der Waals surface area contributed by atoms with Crippen LogP contribution in [0.2, 0.25) is 0 Å². The predicted octanol–water partition coefficient (Wildman–Crippen LogP) is 1.96. The third-order valence-electron chi connectivity index (χ3n) is 4.66. The zero-order valence-corrected chi connectivity index (χ0v) is 12.5. The number of rotatable bonds is 1. The van der Waals surface area contributed by atoms with E-state index in [1.54, 1.807) is 0 Å². The van der Waals surface area contributed by atoms with E-state index in [9.17, 15) is 5.11 Å². The Kier molecular flexibility index (Phi) is 4.08. The Morgan fingerprint density at radius 2 is 1.55 bits per heavy atom. The van der Waals surface area contributed by atoms with Crippen molar-refractivity contribution >= 4 is 0 Å². The fraction of sp³-hybridized carbons (Fsp3) is 1.00. The normalized spacial score (nSPS) is 49.6. The monoisotopic (exact) mass is 286 g/mol. The van der Waals surface area contributed by atoms with Crippen molar-refractivity contribution in [3.63, 3.8) is 0 Å². The smallest absolute Gasteiger partial charge is 0.224 e. The van der Waals surface area contributed by atoms with Gasteiger partial charge < -0.3 is 24.1 Å². The van der Waals surface area contributed by atoms with Crippen LogP contribution in [0.3, 0.4) is 0 Å². The summed E-state index contributed by atoms with van der Waals surface area (Å²) in [5.74, 6) is -1.66. The van der Waals surface area contributed by atoms with Crippen LogP contribution in [0.25, 0.3) is 0 Å². The molecule has 0 amide bonds. The molecule has 0 saturated carbocycles. The van der Waals surface area contributed by atoms with E-state index in [-0.39, 0.29) is 24.9 Å². The molecule has 20 heavy (non-hydrogen) atoms. The molecule has 0 aliphatic carbocycles. The van der Waals surface area contributed by atoms with Gasteiger partial charge in [0.2, 0.25) is 11.6 Å². The topological polar surface area (TPSA) is 57.2 Å². The van der Waals surface area contributed by atoms with E-state index in [2.05, 4.69) is 13.8 Å². The largest absolute Gasteiger partial charge is 0.394 e. The van der Waals surface area contributed by atoms with E-state index in [1.165, 1.54) is 0 Å². The molecule has 5 atom stereocenters. The highest BCUT2D eigenvalue weighted by molar-refractivity contribution is 4.98. The van der Waals surface area contributed by atoms with Crippen molar-refractivity contribution in [1.82, 2.24) is 0 Å². The maximum atomic E-state index is 9.41. The van der Waals surface area contributed by atoms with E-state index in [0.29, 0.717) is 6.61 Å². The summed E-state index contributed by atoms with van der Waals surface area (Å²) in [6, 6.07) is 0. The van der Waals surface area contributed by atoms with Crippen molar-refractivity contribution in [3.8, 4) is 0 Å². The highest BCUT2D eigenvalue weighted by Crippen LogP contribution is 2.49. The van der Waals surface area contributed by atoms with Crippen LogP contribution < -0.4 is 0 Å². The predicted molar refractivity (Wildman–Crippen MR) is 72.2 cm³/mol. The molecule has 0 aromatic rings. The zero-order chi connectivity index (χ0) is 14.2. The second kappa shape index (κ2) is 5.54. The van der Waals surface area contributed by atoms with Crippen molar-refractivity contribution < 1.29 is 24.1 Å². The van der Waals surface area contributed by atoms with Crippen LogP contribution in [0.1, 0.15) is 52.4 Å². The molecule has 3 aliphatic rings. The van der Waals surface area contributed by atoms with Gasteiger partial charge in [-0.15, -0.1) is 0 Å². The van der Waals surface area contributed by atoms with Crippen molar-refractivity contribution in [1.29, 1.82) is 0 Å². The van der Waals surface area contributed by atoms with Gasteiger partial charge in [0.15, 0.2) is 0 Å². The van der Waals surface area contributed by atoms with Gasteiger partial charge in [0.05, 0.1) is 25.4 Å². The highest BCUT2D eigenvalue weighted by Gasteiger charge is 2.62. The van der Waals surface area contributed by atoms with E-state index >= 15 is 0 Å². The maximum Gasteiger partial charge on any atom is 0.224 e. The number of aliphatic hydroxyl groups is 1. The minimum atomic E-state index is -0.856. The molecule has 0 radical (unpaired) electrons. The second-order valence-corrected chi connectivity index (χ2v) is 6.38. The first-order valence-corrected chi connectivity index (χ1v) is 7.87. The van der Waals surface area contributed by atoms with Gasteiger partial charge in [-0.1, -0.05) is 0 Å². The highest BCUT2D eigenvalue weighted by atomic mass is 16.8. The lowest BCUT2D eigenvalue weighted by Gasteiger charge is -2.57. The molecule has 0 aromatic heterocycles. The van der Waals surface area contributed by atoms with Crippen LogP contribution >= 0.6 is 0 Å². The summed E-state index contributed by atoms with van der Waals surface area (Å²) in [6.45, 7) is 4.45. The molecule has 116 valence electrons. The van der Waals surface area contributed by atoms with Crippen LogP contribution in [0.4, 0.5) is 0 Å². The van der Waals surface area contributed by atoms with E-state index in [1.807, 2.05) is 0 Å². The minimum absolute atomic E-state index is 0.0505. The molecule has 0 unspecified atom stereocenters. The Hall–Kier alpha value is -0.200. The molecule has 5 nitrogen and oxygen atoms in total. The number of aliphatic hydroxyl groups excluding tert-OH is 1. The van der Waals surface area contributed by atoms with Gasteiger partial charge in [-0.3, -0.25) is 0 Å². The molecular formula is C15H26O5. The molecule has 0 bridgehead atoms. The van der Waals surface area contributed by atoms with Crippen LogP contribution in [-0.2, 0) is 18.9 Å². The number of ether oxygens (including phenoxy) is 4. The maximum absolute atomic E-state index is 9.41. The lowest BCUT2D eigenvalue weighted by molar-refractivity contribution is -0.480. The van der Waals surface area contributed by atoms with Crippen LogP contribution in [0.15, 0.2) is 0 Å². The van der Waals surface area contributed by atoms with E-state index < -0.39 is 11.6 Å². The summed E-state index contributed by atoms with van der Waals surface area (Å²) in [7, 11) is 0. The van der Waals surface area contributed by atoms with Gasteiger partial charge in [0.25, 0.3) is 0 Å². The SMILES string of the molecule is C[C@H]1CCC[C@]2(OC[C@H](CO)O[C@]23CCC[C@H](C)O3)O1. The summed E-state index contributed by atoms with van der Waals surface area (Å²) < 4.78 is 24.6. The fourth-order valence-electron chi connectivity index (χ4n) is 3.70. The molecule has 3 fully saturated rings. The molecule has 1 N–H and O–H groups in total. The zero-order valence-electron chi connectivity index (χ0n) is 12.5. The van der Waals surface area contributed by atoms with Crippen molar-refractivity contribution in [3.05, 3.63) is 0 Å². The average molecular weight is 286 g/mol. The standard InChI is InChI=1S/C15H26O5/c1-11-5-3-7-14(18-11)15(8-4-6-12(2)19-15)20-13(9-16)10-17-14/h11-13,16H,3-10H2,1-2H3/t11-,12-,13-,14-,15+/m0/s1. The average Bonchev–Trinajstić information content (AvgIpc) is 2.42. The Labute approximate surface area is 120 Å². The van der Waals surface area contributed by atoms with Crippen LogP contribution in [0.5, 0.6) is 0 Å². The molecule has 3 saturated heterocycles. The van der Waals surface area contributed by atoms with Crippen LogP contribution in [0, 0.1) is 0 Å². The van der Waals surface area contributed by atoms with Gasteiger partial charge in [-0.2, -0.15) is 0 Å². The third kappa shape index (κ3) is 2.40. The van der Waals surface area contributed by atoms with Gasteiger partial charge in [-0.05, 0) is 39.5 Å². The van der Waals surface area contributed by atoms with Gasteiger partial charge in [0, 0.05) is 12.8 Å². The number of hydrogen-bond acceptors (Lipinski definition) is 5. The lowest BCUT2D eigenvalue weighted by atomic mass is 9.87. The van der Waals surface area contributed by atoms with E-state index in [0.717, 1.165) is 38.5 Å². The Bertz CT molecular complexity index is 349. The van der Waals surface area contributed by atoms with Gasteiger partial charge >= 0.3 is 0 Å². The Morgan fingerprint density at radius 3 is 2.15 bits per heavy atom. The Morgan fingerprint density at radius 1 is 0.950 bits per heavy atom. The lowest BCUT2D eigenvalue weighted by Crippen LogP contribution is -2.69. The summed E-state index contributed by atoms with van der Waals surface area (Å²) in [6.07, 6.45) is 5.66. The fourth-order valence-corrected chi connectivity index (χ4v) is 3.70. The van der Waals surface area contributed by atoms with Gasteiger partial charge in [0.1, 0.15) is 6.10 Å². The molecule has 5 heteroatoms. The first-order valence-electron chi connectivity index (χ1n) is 7.87. The quantitative estimate of drug-likeness (QED) is 0.798. The third-order valence-corrected chi connectivity index (χ3v) is 4.66. The van der Waals surface area contributed by atoms with Crippen LogP contribution in [-0.4, -0.2) is 48.2 Å². The number of hydrogen-bond donors (Lipinski definition) is 1. The first kappa shape index (κ1) is 14.7. The molecule has 3 heterocycles. The summed E-state index contributed by atoms with van der Waals surface area (Å²) in [4.78, 5) is 0. The first-order chi connectivity index (χ1) is 9.59. The second-order valence-electron chi connectivity index (χ2n) is 6.38. The molecule has 2 spiro atoms. The molecule has 3 aliphatic heterocycles. The minimum Gasteiger partial charge on any atom is -0.394 e. The van der Waals surface area contributed by atoms with Crippen molar-refractivity contribution in [2.45, 2.75) is 82.3 Å². The Balaban J connectivity index is 1.89. The summed E-state index contributed by atoms with van der Waals surface area (Å²) in [5.41, 5.74) is 0. The summed E-state index contributed by atoms with van der Waals surface area (Å²) in [5, 5.41) is 9.41. The number of fused-ring (bicyclic) bond motifs is 1.